The zero-order valence-electron chi connectivity index (χ0n) is 9.47. The number of carbonyl (C=O) groups excluding carboxylic acids is 1. The largest absolute Gasteiger partial charge is 0.471 e. The number of carbonyl (C=O) groups is 1. The molecule has 0 spiro atoms. The third-order valence-electron chi connectivity index (χ3n) is 2.19. The van der Waals surface area contributed by atoms with E-state index < -0.39 is 24.2 Å². The minimum absolute atomic E-state index is 0.0594. The summed E-state index contributed by atoms with van der Waals surface area (Å²) in [6.07, 6.45) is -14.8. The highest BCUT2D eigenvalue weighted by atomic mass is 19.4. The number of alkyl halides is 6. The van der Waals surface area contributed by atoms with Crippen LogP contribution < -0.4 is 4.74 Å². The van der Waals surface area contributed by atoms with Crippen molar-refractivity contribution < 1.29 is 35.9 Å². The van der Waals surface area contributed by atoms with E-state index in [4.69, 9.17) is 0 Å². The molecule has 1 aromatic rings. The zero-order valence-corrected chi connectivity index (χ0v) is 9.47. The second kappa shape index (κ2) is 5.10. The number of ether oxygens (including phenoxy) is 1. The van der Waals surface area contributed by atoms with Crippen LogP contribution in [0.4, 0.5) is 26.3 Å². The number of hydrogen-bond acceptors (Lipinski definition) is 2. The Balaban J connectivity index is 3.13. The molecule has 0 aliphatic rings. The fourth-order valence-corrected chi connectivity index (χ4v) is 1.26. The van der Waals surface area contributed by atoms with Crippen LogP contribution in [0.1, 0.15) is 15.9 Å². The molecule has 0 saturated heterocycles. The van der Waals surface area contributed by atoms with Gasteiger partial charge in [0.1, 0.15) is 12.0 Å². The fourth-order valence-electron chi connectivity index (χ4n) is 1.26. The van der Waals surface area contributed by atoms with Gasteiger partial charge >= 0.3 is 12.4 Å². The molecule has 0 N–H and O–H groups in total. The minimum Gasteiger partial charge on any atom is -0.471 e. The molecule has 0 aliphatic heterocycles. The molecule has 0 heterocycles. The normalized spacial score (nSPS) is 12.6. The summed E-state index contributed by atoms with van der Waals surface area (Å²) in [5.74, 6) is -0.635. The van der Waals surface area contributed by atoms with Crippen LogP contribution in [0.3, 0.4) is 0 Å². The van der Waals surface area contributed by atoms with Gasteiger partial charge in [-0.15, -0.1) is 0 Å². The lowest BCUT2D eigenvalue weighted by Crippen LogP contribution is -2.46. The number of rotatable bonds is 3. The Hall–Kier alpha value is -1.73. The molecule has 0 unspecified atom stereocenters. The van der Waals surface area contributed by atoms with Gasteiger partial charge < -0.3 is 4.74 Å². The van der Waals surface area contributed by atoms with Crippen LogP contribution in [-0.4, -0.2) is 24.7 Å². The Morgan fingerprint density at radius 3 is 2.05 bits per heavy atom. The lowest BCUT2D eigenvalue weighted by molar-refractivity contribution is -0.299. The van der Waals surface area contributed by atoms with E-state index >= 15 is 0 Å². The summed E-state index contributed by atoms with van der Waals surface area (Å²) in [4.78, 5) is 10.4. The van der Waals surface area contributed by atoms with Gasteiger partial charge in [0, 0.05) is 5.56 Å². The molecule has 2 nitrogen and oxygen atoms in total. The Morgan fingerprint density at radius 2 is 1.63 bits per heavy atom. The van der Waals surface area contributed by atoms with E-state index in [1.165, 1.54) is 19.1 Å². The molecule has 19 heavy (non-hydrogen) atoms. The topological polar surface area (TPSA) is 26.3 Å². The molecule has 0 saturated carbocycles. The maximum atomic E-state index is 12.3. The molecule has 0 atom stereocenters. The van der Waals surface area contributed by atoms with Crippen LogP contribution >= 0.6 is 0 Å². The van der Waals surface area contributed by atoms with Crippen LogP contribution in [0, 0.1) is 6.92 Å². The highest BCUT2D eigenvalue weighted by molar-refractivity contribution is 5.75. The standard InChI is InChI=1S/C11H8F6O2/c1-6-2-3-7(5-18)4-8(6)19-9(10(12,13)14)11(15,16)17/h2-5,9H,1H3. The van der Waals surface area contributed by atoms with Crippen molar-refractivity contribution in [2.24, 2.45) is 0 Å². The maximum absolute atomic E-state index is 12.3. The van der Waals surface area contributed by atoms with E-state index in [2.05, 4.69) is 4.74 Å². The Kier molecular flexibility index (Phi) is 4.12. The van der Waals surface area contributed by atoms with Gasteiger partial charge in [0.15, 0.2) is 0 Å². The SMILES string of the molecule is Cc1ccc(C=O)cc1OC(C(F)(F)F)C(F)(F)F. The molecule has 0 aromatic heterocycles. The number of aryl methyl sites for hydroxylation is 1. The van der Waals surface area contributed by atoms with Gasteiger partial charge in [0.2, 0.25) is 0 Å². The molecule has 0 bridgehead atoms. The summed E-state index contributed by atoms with van der Waals surface area (Å²) in [5, 5.41) is 0. The third kappa shape index (κ3) is 3.87. The predicted molar refractivity (Wildman–Crippen MR) is 53.1 cm³/mol. The molecular formula is C11H8F6O2. The zero-order chi connectivity index (χ0) is 14.8. The van der Waals surface area contributed by atoms with Gasteiger partial charge in [-0.05, 0) is 18.6 Å². The summed E-state index contributed by atoms with van der Waals surface area (Å²) in [6.45, 7) is 1.27. The monoisotopic (exact) mass is 286 g/mol. The van der Waals surface area contributed by atoms with E-state index in [1.807, 2.05) is 0 Å². The van der Waals surface area contributed by atoms with Crippen molar-refractivity contribution in [1.82, 2.24) is 0 Å². The molecule has 1 rings (SSSR count). The summed E-state index contributed by atoms with van der Waals surface area (Å²) in [6, 6.07) is 3.28. The van der Waals surface area contributed by atoms with Crippen LogP contribution in [-0.2, 0) is 0 Å². The van der Waals surface area contributed by atoms with Gasteiger partial charge in [-0.1, -0.05) is 12.1 Å². The van der Waals surface area contributed by atoms with Crippen molar-refractivity contribution in [1.29, 1.82) is 0 Å². The molecule has 0 radical (unpaired) electrons. The Morgan fingerprint density at radius 1 is 1.11 bits per heavy atom. The molecular weight excluding hydrogens is 278 g/mol. The first kappa shape index (κ1) is 15.3. The van der Waals surface area contributed by atoms with Crippen molar-refractivity contribution in [2.75, 3.05) is 0 Å². The minimum atomic E-state index is -5.60. The molecule has 8 heteroatoms. The first-order valence-corrected chi connectivity index (χ1v) is 4.91. The molecule has 106 valence electrons. The van der Waals surface area contributed by atoms with Gasteiger partial charge in [-0.3, -0.25) is 4.79 Å². The van der Waals surface area contributed by atoms with Crippen molar-refractivity contribution in [3.63, 3.8) is 0 Å². The average Bonchev–Trinajstić information content (AvgIpc) is 2.24. The lowest BCUT2D eigenvalue weighted by Gasteiger charge is -2.24. The maximum Gasteiger partial charge on any atom is 0.434 e. The Bertz CT molecular complexity index is 449. The van der Waals surface area contributed by atoms with Crippen LogP contribution in [0.15, 0.2) is 18.2 Å². The summed E-state index contributed by atoms with van der Waals surface area (Å²) < 4.78 is 77.8. The van der Waals surface area contributed by atoms with Crippen molar-refractivity contribution >= 4 is 6.29 Å². The van der Waals surface area contributed by atoms with Gasteiger partial charge in [-0.2, -0.15) is 26.3 Å². The van der Waals surface area contributed by atoms with E-state index in [9.17, 15) is 31.1 Å². The summed E-state index contributed by atoms with van der Waals surface area (Å²) in [7, 11) is 0. The van der Waals surface area contributed by atoms with E-state index in [0.29, 0.717) is 6.29 Å². The van der Waals surface area contributed by atoms with Crippen LogP contribution in [0.2, 0.25) is 0 Å². The molecule has 0 fully saturated rings. The number of halogens is 6. The van der Waals surface area contributed by atoms with Crippen LogP contribution in [0.5, 0.6) is 5.75 Å². The number of hydrogen-bond donors (Lipinski definition) is 0. The van der Waals surface area contributed by atoms with E-state index in [1.54, 1.807) is 0 Å². The second-order valence-electron chi connectivity index (χ2n) is 3.72. The first-order valence-electron chi connectivity index (χ1n) is 4.91. The second-order valence-corrected chi connectivity index (χ2v) is 3.72. The van der Waals surface area contributed by atoms with E-state index in [0.717, 1.165) is 6.07 Å². The molecule has 1 aromatic carbocycles. The summed E-state index contributed by atoms with van der Waals surface area (Å²) >= 11 is 0. The van der Waals surface area contributed by atoms with Crippen molar-refractivity contribution in [3.05, 3.63) is 29.3 Å². The predicted octanol–water partition coefficient (Wildman–Crippen LogP) is 3.68. The lowest BCUT2D eigenvalue weighted by atomic mass is 10.1. The fraction of sp³-hybridized carbons (Fsp3) is 0.364. The van der Waals surface area contributed by atoms with Gasteiger partial charge in [0.25, 0.3) is 6.10 Å². The van der Waals surface area contributed by atoms with Gasteiger partial charge in [0.05, 0.1) is 0 Å². The van der Waals surface area contributed by atoms with Gasteiger partial charge in [-0.25, -0.2) is 0 Å². The average molecular weight is 286 g/mol. The summed E-state index contributed by atoms with van der Waals surface area (Å²) in [5.41, 5.74) is -0.0206. The van der Waals surface area contributed by atoms with E-state index in [-0.39, 0.29) is 11.1 Å². The number of benzene rings is 1. The molecule has 0 aliphatic carbocycles. The molecule has 0 amide bonds. The van der Waals surface area contributed by atoms with Crippen molar-refractivity contribution in [3.8, 4) is 5.75 Å². The highest BCUT2D eigenvalue weighted by Crippen LogP contribution is 2.37. The highest BCUT2D eigenvalue weighted by Gasteiger charge is 2.59. The van der Waals surface area contributed by atoms with Crippen molar-refractivity contribution in [2.45, 2.75) is 25.4 Å². The first-order chi connectivity index (χ1) is 8.55. The number of aldehydes is 1. The Labute approximate surface area is 104 Å². The quantitative estimate of drug-likeness (QED) is 0.626. The smallest absolute Gasteiger partial charge is 0.434 e. The third-order valence-corrected chi connectivity index (χ3v) is 2.19. The van der Waals surface area contributed by atoms with Crippen LogP contribution in [0.25, 0.3) is 0 Å².